The standard InChI is InChI=1S/C24H17Cl2N3O5/c1-33-22-12-15(8-9-21(22)34-14-16-4-2-5-18(11-16)29(31)32)10-17(13-27)24(30)28-20-7-3-6-19(25)23(20)26/h2-12H,14H2,1H3,(H,28,30)/b17-10-. The zero-order valence-corrected chi connectivity index (χ0v) is 19.3. The molecule has 0 radical (unpaired) electrons. The first kappa shape index (κ1) is 24.6. The summed E-state index contributed by atoms with van der Waals surface area (Å²) in [6.07, 6.45) is 1.39. The van der Waals surface area contributed by atoms with Crippen molar-refractivity contribution in [3.63, 3.8) is 0 Å². The van der Waals surface area contributed by atoms with Crippen LogP contribution in [0.5, 0.6) is 11.5 Å². The monoisotopic (exact) mass is 497 g/mol. The average Bonchev–Trinajstić information content (AvgIpc) is 2.84. The summed E-state index contributed by atoms with van der Waals surface area (Å²) in [4.78, 5) is 23.0. The molecule has 172 valence electrons. The van der Waals surface area contributed by atoms with Gasteiger partial charge in [-0.05, 0) is 41.5 Å². The third-order valence-electron chi connectivity index (χ3n) is 4.58. The fraction of sp³-hybridized carbons (Fsp3) is 0.0833. The molecule has 0 aliphatic rings. The molecule has 0 saturated carbocycles. The third kappa shape index (κ3) is 6.04. The molecule has 0 aliphatic carbocycles. The van der Waals surface area contributed by atoms with Gasteiger partial charge in [0.05, 0.1) is 27.8 Å². The minimum Gasteiger partial charge on any atom is -0.493 e. The minimum atomic E-state index is -0.656. The van der Waals surface area contributed by atoms with Gasteiger partial charge >= 0.3 is 0 Å². The summed E-state index contributed by atoms with van der Waals surface area (Å²) >= 11 is 12.0. The zero-order valence-electron chi connectivity index (χ0n) is 17.7. The number of hydrogen-bond acceptors (Lipinski definition) is 6. The van der Waals surface area contributed by atoms with Gasteiger partial charge in [-0.25, -0.2) is 0 Å². The van der Waals surface area contributed by atoms with Crippen molar-refractivity contribution in [2.45, 2.75) is 6.61 Å². The lowest BCUT2D eigenvalue weighted by Crippen LogP contribution is -2.13. The lowest BCUT2D eigenvalue weighted by Gasteiger charge is -2.12. The number of nitriles is 1. The second-order valence-electron chi connectivity index (χ2n) is 6.85. The molecule has 0 spiro atoms. The molecular formula is C24H17Cl2N3O5. The number of nitrogens with zero attached hydrogens (tertiary/aromatic N) is 2. The lowest BCUT2D eigenvalue weighted by molar-refractivity contribution is -0.384. The number of non-ortho nitro benzene ring substituents is 1. The van der Waals surface area contributed by atoms with Gasteiger partial charge in [0.15, 0.2) is 11.5 Å². The minimum absolute atomic E-state index is 0.0325. The Hall–Kier alpha value is -4.06. The Morgan fingerprint density at radius 1 is 1.15 bits per heavy atom. The predicted molar refractivity (Wildman–Crippen MR) is 129 cm³/mol. The molecule has 0 aromatic heterocycles. The summed E-state index contributed by atoms with van der Waals surface area (Å²) in [7, 11) is 1.45. The molecule has 0 fully saturated rings. The van der Waals surface area contributed by atoms with Gasteiger partial charge in [0.1, 0.15) is 18.2 Å². The SMILES string of the molecule is COc1cc(/C=C(/C#N)C(=O)Nc2cccc(Cl)c2Cl)ccc1OCc1cccc([N+](=O)[O-])c1. The van der Waals surface area contributed by atoms with E-state index in [1.54, 1.807) is 48.5 Å². The summed E-state index contributed by atoms with van der Waals surface area (Å²) in [5.41, 5.74) is 1.22. The van der Waals surface area contributed by atoms with Crippen molar-refractivity contribution in [1.29, 1.82) is 5.26 Å². The van der Waals surface area contributed by atoms with Crippen LogP contribution >= 0.6 is 23.2 Å². The molecule has 0 bridgehead atoms. The van der Waals surface area contributed by atoms with E-state index < -0.39 is 10.8 Å². The van der Waals surface area contributed by atoms with E-state index >= 15 is 0 Å². The van der Waals surface area contributed by atoms with E-state index in [1.165, 1.54) is 25.3 Å². The van der Waals surface area contributed by atoms with Crippen LogP contribution in [0.1, 0.15) is 11.1 Å². The number of benzene rings is 3. The van der Waals surface area contributed by atoms with E-state index in [4.69, 9.17) is 32.7 Å². The van der Waals surface area contributed by atoms with Crippen molar-refractivity contribution in [3.8, 4) is 17.6 Å². The van der Waals surface area contributed by atoms with Crippen LogP contribution in [-0.4, -0.2) is 17.9 Å². The van der Waals surface area contributed by atoms with Crippen LogP contribution in [-0.2, 0) is 11.4 Å². The van der Waals surface area contributed by atoms with Crippen molar-refractivity contribution < 1.29 is 19.2 Å². The summed E-state index contributed by atoms with van der Waals surface area (Å²) < 4.78 is 11.1. The molecule has 0 unspecified atom stereocenters. The lowest BCUT2D eigenvalue weighted by atomic mass is 10.1. The molecule has 1 amide bonds. The van der Waals surface area contributed by atoms with Gasteiger partial charge in [0.2, 0.25) is 0 Å². The van der Waals surface area contributed by atoms with Gasteiger partial charge in [-0.3, -0.25) is 14.9 Å². The Kier molecular flexibility index (Phi) is 8.09. The Labute approximate surface area is 205 Å². The second kappa shape index (κ2) is 11.2. The van der Waals surface area contributed by atoms with Gasteiger partial charge in [-0.15, -0.1) is 0 Å². The average molecular weight is 498 g/mol. The van der Waals surface area contributed by atoms with Gasteiger partial charge in [0, 0.05) is 12.1 Å². The Morgan fingerprint density at radius 2 is 1.91 bits per heavy atom. The smallest absolute Gasteiger partial charge is 0.269 e. The highest BCUT2D eigenvalue weighted by molar-refractivity contribution is 6.44. The Morgan fingerprint density at radius 3 is 2.62 bits per heavy atom. The van der Waals surface area contributed by atoms with Crippen molar-refractivity contribution in [2.24, 2.45) is 0 Å². The maximum absolute atomic E-state index is 12.6. The van der Waals surface area contributed by atoms with Crippen molar-refractivity contribution in [2.75, 3.05) is 12.4 Å². The molecule has 1 N–H and O–H groups in total. The van der Waals surface area contributed by atoms with Crippen LogP contribution < -0.4 is 14.8 Å². The van der Waals surface area contributed by atoms with Crippen LogP contribution in [0.2, 0.25) is 10.0 Å². The maximum Gasteiger partial charge on any atom is 0.269 e. The van der Waals surface area contributed by atoms with E-state index in [2.05, 4.69) is 5.32 Å². The summed E-state index contributed by atoms with van der Waals surface area (Å²) in [5.74, 6) is 0.0891. The summed E-state index contributed by atoms with van der Waals surface area (Å²) in [6.45, 7) is 0.0828. The maximum atomic E-state index is 12.6. The fourth-order valence-electron chi connectivity index (χ4n) is 2.92. The highest BCUT2D eigenvalue weighted by atomic mass is 35.5. The molecule has 10 heteroatoms. The molecule has 0 heterocycles. The number of carbonyl (C=O) groups is 1. The van der Waals surface area contributed by atoms with Gasteiger partial charge in [0.25, 0.3) is 11.6 Å². The number of nitro groups is 1. The van der Waals surface area contributed by atoms with E-state index in [0.29, 0.717) is 22.6 Å². The molecule has 3 rings (SSSR count). The quantitative estimate of drug-likeness (QED) is 0.175. The number of methoxy groups -OCH3 is 1. The van der Waals surface area contributed by atoms with Crippen molar-refractivity contribution in [3.05, 3.63) is 97.5 Å². The summed E-state index contributed by atoms with van der Waals surface area (Å²) in [5, 5.41) is 23.4. The molecular weight excluding hydrogens is 481 g/mol. The van der Waals surface area contributed by atoms with E-state index in [0.717, 1.165) is 0 Å². The predicted octanol–water partition coefficient (Wildman–Crippen LogP) is 6.03. The number of anilines is 1. The number of halogens is 2. The molecule has 0 aliphatic heterocycles. The zero-order chi connectivity index (χ0) is 24.7. The highest BCUT2D eigenvalue weighted by Gasteiger charge is 2.14. The number of hydrogen-bond donors (Lipinski definition) is 1. The number of rotatable bonds is 8. The van der Waals surface area contributed by atoms with E-state index in [-0.39, 0.29) is 33.6 Å². The number of ether oxygens (including phenoxy) is 2. The fourth-order valence-corrected chi connectivity index (χ4v) is 3.27. The molecule has 3 aromatic rings. The molecule has 0 atom stereocenters. The third-order valence-corrected chi connectivity index (χ3v) is 5.40. The van der Waals surface area contributed by atoms with E-state index in [1.807, 2.05) is 6.07 Å². The highest BCUT2D eigenvalue weighted by Crippen LogP contribution is 2.31. The van der Waals surface area contributed by atoms with Crippen LogP contribution in [0.25, 0.3) is 6.08 Å². The molecule has 8 nitrogen and oxygen atoms in total. The van der Waals surface area contributed by atoms with Crippen molar-refractivity contribution >= 4 is 46.6 Å². The normalized spacial score (nSPS) is 10.8. The van der Waals surface area contributed by atoms with Gasteiger partial charge < -0.3 is 14.8 Å². The van der Waals surface area contributed by atoms with Crippen LogP contribution in [0.3, 0.4) is 0 Å². The summed E-state index contributed by atoms with van der Waals surface area (Å²) in [6, 6.07) is 17.6. The Bertz CT molecular complexity index is 1320. The topological polar surface area (TPSA) is 114 Å². The first-order valence-electron chi connectivity index (χ1n) is 9.73. The number of amides is 1. The number of nitrogens with one attached hydrogen (secondary N) is 1. The van der Waals surface area contributed by atoms with Gasteiger partial charge in [-0.2, -0.15) is 5.26 Å². The second-order valence-corrected chi connectivity index (χ2v) is 7.64. The number of nitro benzene ring substituents is 1. The van der Waals surface area contributed by atoms with Gasteiger partial charge in [-0.1, -0.05) is 47.5 Å². The van der Waals surface area contributed by atoms with Crippen LogP contribution in [0, 0.1) is 21.4 Å². The van der Waals surface area contributed by atoms with E-state index in [9.17, 15) is 20.2 Å². The molecule has 3 aromatic carbocycles. The first-order valence-corrected chi connectivity index (χ1v) is 10.5. The Balaban J connectivity index is 1.77. The first-order chi connectivity index (χ1) is 16.3. The number of carbonyl (C=O) groups excluding carboxylic acids is 1. The van der Waals surface area contributed by atoms with Crippen LogP contribution in [0.15, 0.2) is 66.2 Å². The molecule has 34 heavy (non-hydrogen) atoms. The van der Waals surface area contributed by atoms with Crippen LogP contribution in [0.4, 0.5) is 11.4 Å². The van der Waals surface area contributed by atoms with Crippen molar-refractivity contribution in [1.82, 2.24) is 0 Å². The molecule has 0 saturated heterocycles. The largest absolute Gasteiger partial charge is 0.493 e.